The van der Waals surface area contributed by atoms with Crippen LogP contribution in [0.5, 0.6) is 0 Å². The monoisotopic (exact) mass is 377 g/mol. The molecule has 3 heteroatoms. The van der Waals surface area contributed by atoms with Crippen LogP contribution in [0.15, 0.2) is 42.0 Å². The van der Waals surface area contributed by atoms with E-state index < -0.39 is 0 Å². The van der Waals surface area contributed by atoms with E-state index in [0.29, 0.717) is 22.8 Å². The Morgan fingerprint density at radius 2 is 1.79 bits per heavy atom. The Balaban J connectivity index is 1.57. The summed E-state index contributed by atoms with van der Waals surface area (Å²) in [5.41, 5.74) is 1.69. The van der Waals surface area contributed by atoms with Gasteiger partial charge in [0.2, 0.25) is 5.91 Å². The minimum absolute atomic E-state index is 0.0448. The van der Waals surface area contributed by atoms with Crippen LogP contribution in [0.2, 0.25) is 0 Å². The van der Waals surface area contributed by atoms with Gasteiger partial charge < -0.3 is 5.32 Å². The van der Waals surface area contributed by atoms with E-state index in [2.05, 4.69) is 19.2 Å². The van der Waals surface area contributed by atoms with Crippen molar-refractivity contribution in [2.45, 2.75) is 64.8 Å². The number of carbonyl (C=O) groups is 2. The van der Waals surface area contributed by atoms with Crippen molar-refractivity contribution in [3.05, 3.63) is 47.5 Å². The maximum absolute atomic E-state index is 13.5. The molecular formula is C25H31NO2. The van der Waals surface area contributed by atoms with Gasteiger partial charge in [-0.1, -0.05) is 50.6 Å². The smallest absolute Gasteiger partial charge is 0.244 e. The molecule has 3 saturated carbocycles. The Kier molecular flexibility index (Phi) is 4.08. The number of amides is 1. The summed E-state index contributed by atoms with van der Waals surface area (Å²) >= 11 is 0. The lowest BCUT2D eigenvalue weighted by Gasteiger charge is -2.59. The van der Waals surface area contributed by atoms with Gasteiger partial charge in [0.05, 0.1) is 0 Å². The summed E-state index contributed by atoms with van der Waals surface area (Å²) in [6.07, 6.45) is 10.3. The highest BCUT2D eigenvalue weighted by Crippen LogP contribution is 2.64. The van der Waals surface area contributed by atoms with Crippen LogP contribution in [0.25, 0.3) is 0 Å². The zero-order valence-corrected chi connectivity index (χ0v) is 17.0. The van der Waals surface area contributed by atoms with Crippen LogP contribution < -0.4 is 5.32 Å². The minimum atomic E-state index is -0.256. The topological polar surface area (TPSA) is 46.2 Å². The first-order valence-electron chi connectivity index (χ1n) is 11.1. The van der Waals surface area contributed by atoms with Crippen molar-refractivity contribution in [2.75, 3.05) is 0 Å². The molecule has 3 nitrogen and oxygen atoms in total. The van der Waals surface area contributed by atoms with Gasteiger partial charge in [-0.05, 0) is 61.7 Å². The molecule has 0 unspecified atom stereocenters. The molecule has 0 saturated heterocycles. The zero-order chi connectivity index (χ0) is 19.5. The molecule has 3 fully saturated rings. The summed E-state index contributed by atoms with van der Waals surface area (Å²) in [5.74, 6) is 1.91. The van der Waals surface area contributed by atoms with Gasteiger partial charge in [0.1, 0.15) is 0 Å². The summed E-state index contributed by atoms with van der Waals surface area (Å²) in [7, 11) is 0. The molecule has 1 aliphatic heterocycles. The van der Waals surface area contributed by atoms with Crippen LogP contribution in [0, 0.1) is 28.6 Å². The highest BCUT2D eigenvalue weighted by atomic mass is 16.2. The third kappa shape index (κ3) is 2.47. The van der Waals surface area contributed by atoms with E-state index in [0.717, 1.165) is 17.9 Å². The quantitative estimate of drug-likeness (QED) is 0.743. The Hall–Kier alpha value is -1.90. The second-order valence-electron chi connectivity index (χ2n) is 10.1. The molecule has 1 heterocycles. The lowest BCUT2D eigenvalue weighted by molar-refractivity contribution is -0.122. The number of nitrogens with one attached hydrogen (secondary N) is 1. The first kappa shape index (κ1) is 18.1. The van der Waals surface area contributed by atoms with Crippen LogP contribution in [-0.2, 0) is 4.79 Å². The van der Waals surface area contributed by atoms with Gasteiger partial charge in [0.15, 0.2) is 5.78 Å². The van der Waals surface area contributed by atoms with Crippen LogP contribution in [0.3, 0.4) is 0 Å². The summed E-state index contributed by atoms with van der Waals surface area (Å²) in [6.45, 7) is 4.78. The molecule has 5 rings (SSSR count). The van der Waals surface area contributed by atoms with Crippen molar-refractivity contribution in [1.29, 1.82) is 0 Å². The molecule has 0 aromatic heterocycles. The van der Waals surface area contributed by atoms with Crippen molar-refractivity contribution in [3.8, 4) is 0 Å². The Morgan fingerprint density at radius 3 is 2.57 bits per heavy atom. The maximum atomic E-state index is 13.5. The number of hydrogen-bond acceptors (Lipinski definition) is 2. The molecule has 0 spiro atoms. The number of fused-ring (bicyclic) bond motifs is 5. The van der Waals surface area contributed by atoms with E-state index in [-0.39, 0.29) is 23.1 Å². The predicted octanol–water partition coefficient (Wildman–Crippen LogP) is 4.93. The Bertz CT molecular complexity index is 843. The Labute approximate surface area is 168 Å². The molecule has 1 aromatic carbocycles. The van der Waals surface area contributed by atoms with E-state index in [4.69, 9.17) is 0 Å². The lowest BCUT2D eigenvalue weighted by Crippen LogP contribution is -2.61. The summed E-state index contributed by atoms with van der Waals surface area (Å²) < 4.78 is 0. The molecule has 0 radical (unpaired) electrons. The number of ketones is 1. The van der Waals surface area contributed by atoms with Gasteiger partial charge in [-0.2, -0.15) is 0 Å². The number of carbonyl (C=O) groups excluding carboxylic acids is 2. The minimum Gasteiger partial charge on any atom is -0.349 e. The van der Waals surface area contributed by atoms with Crippen LogP contribution >= 0.6 is 0 Å². The van der Waals surface area contributed by atoms with Crippen LogP contribution in [0.1, 0.15) is 69.2 Å². The zero-order valence-electron chi connectivity index (χ0n) is 17.0. The number of hydrogen-bond donors (Lipinski definition) is 1. The normalized spacial score (nSPS) is 41.9. The van der Waals surface area contributed by atoms with E-state index in [9.17, 15) is 9.59 Å². The van der Waals surface area contributed by atoms with Gasteiger partial charge in [-0.25, -0.2) is 0 Å². The van der Waals surface area contributed by atoms with E-state index in [1.165, 1.54) is 38.5 Å². The second-order valence-corrected chi connectivity index (χ2v) is 10.1. The highest BCUT2D eigenvalue weighted by molar-refractivity contribution is 6.13. The van der Waals surface area contributed by atoms with Crippen molar-refractivity contribution < 1.29 is 9.59 Å². The summed E-state index contributed by atoms with van der Waals surface area (Å²) in [6, 6.07) is 9.59. The standard InChI is InChI=1S/C25H31NO2/c1-24-13-6-9-18(24)17-10-11-21-25(2,19(17)12-14-24)20(15-22(27)26-21)23(28)16-7-4-3-5-8-16/h3-5,7-8,15,17-19,21H,6,9-14H2,1-2H3,(H,26,27)/t17-,18-,19-,21+,24-,25-/m0/s1. The summed E-state index contributed by atoms with van der Waals surface area (Å²) in [4.78, 5) is 26.0. The molecule has 3 aliphatic carbocycles. The molecule has 1 aromatic rings. The fraction of sp³-hybridized carbons (Fsp3) is 0.600. The predicted molar refractivity (Wildman–Crippen MR) is 110 cm³/mol. The first-order valence-corrected chi connectivity index (χ1v) is 11.1. The number of rotatable bonds is 2. The summed E-state index contributed by atoms with van der Waals surface area (Å²) in [5, 5.41) is 3.23. The molecule has 0 bridgehead atoms. The third-order valence-electron chi connectivity index (χ3n) is 8.95. The number of benzene rings is 1. The Morgan fingerprint density at radius 1 is 1.00 bits per heavy atom. The molecule has 1 amide bonds. The SMILES string of the molecule is C[C@@]12CCC[C@H]1[C@@H]1CC[C@H]3NC(=O)C=C(C(=O)c4ccccc4)[C@]3(C)[C@H]1CC2. The van der Waals surface area contributed by atoms with Crippen LogP contribution in [-0.4, -0.2) is 17.7 Å². The third-order valence-corrected chi connectivity index (χ3v) is 8.95. The molecule has 1 N–H and O–H groups in total. The number of Topliss-reactive ketones (excluding diaryl/α,β-unsaturated/α-hetero) is 1. The van der Waals surface area contributed by atoms with Gasteiger partial charge >= 0.3 is 0 Å². The fourth-order valence-corrected chi connectivity index (χ4v) is 7.51. The van der Waals surface area contributed by atoms with Gasteiger partial charge in [0, 0.05) is 28.7 Å². The van der Waals surface area contributed by atoms with Gasteiger partial charge in [0.25, 0.3) is 0 Å². The second kappa shape index (κ2) is 6.30. The van der Waals surface area contributed by atoms with Crippen molar-refractivity contribution in [3.63, 3.8) is 0 Å². The van der Waals surface area contributed by atoms with Gasteiger partial charge in [-0.15, -0.1) is 0 Å². The molecule has 6 atom stereocenters. The highest BCUT2D eigenvalue weighted by Gasteiger charge is 2.60. The van der Waals surface area contributed by atoms with Crippen molar-refractivity contribution in [1.82, 2.24) is 5.32 Å². The average Bonchev–Trinajstić information content (AvgIpc) is 3.10. The van der Waals surface area contributed by atoms with Crippen molar-refractivity contribution in [2.24, 2.45) is 28.6 Å². The molecule has 4 aliphatic rings. The lowest BCUT2D eigenvalue weighted by atomic mass is 9.46. The first-order chi connectivity index (χ1) is 13.4. The molecule has 148 valence electrons. The maximum Gasteiger partial charge on any atom is 0.244 e. The fourth-order valence-electron chi connectivity index (χ4n) is 7.51. The van der Waals surface area contributed by atoms with E-state index in [1.807, 2.05) is 30.3 Å². The van der Waals surface area contributed by atoms with E-state index >= 15 is 0 Å². The largest absolute Gasteiger partial charge is 0.349 e. The van der Waals surface area contributed by atoms with Crippen LogP contribution in [0.4, 0.5) is 0 Å². The van der Waals surface area contributed by atoms with E-state index in [1.54, 1.807) is 6.08 Å². The van der Waals surface area contributed by atoms with Crippen molar-refractivity contribution >= 4 is 11.7 Å². The average molecular weight is 378 g/mol. The molecule has 28 heavy (non-hydrogen) atoms. The molecular weight excluding hydrogens is 346 g/mol. The van der Waals surface area contributed by atoms with Gasteiger partial charge in [-0.3, -0.25) is 9.59 Å².